The van der Waals surface area contributed by atoms with Gasteiger partial charge in [0.15, 0.2) is 0 Å². The topological polar surface area (TPSA) is 66.0 Å². The third kappa shape index (κ3) is 1.33. The van der Waals surface area contributed by atoms with Gasteiger partial charge in [-0.1, -0.05) is 6.07 Å². The van der Waals surface area contributed by atoms with Gasteiger partial charge in [-0.25, -0.2) is 4.79 Å². The van der Waals surface area contributed by atoms with Crippen molar-refractivity contribution in [2.45, 2.75) is 0 Å². The van der Waals surface area contributed by atoms with Gasteiger partial charge in [0.25, 0.3) is 0 Å². The first kappa shape index (κ1) is 8.00. The normalized spacial score (nSPS) is 10.2. The third-order valence-electron chi connectivity index (χ3n) is 1.64. The van der Waals surface area contributed by atoms with E-state index in [0.717, 1.165) is 4.88 Å². The Morgan fingerprint density at radius 3 is 3.08 bits per heavy atom. The van der Waals surface area contributed by atoms with Gasteiger partial charge in [0.05, 0.1) is 16.8 Å². The molecule has 0 unspecified atom stereocenters. The van der Waals surface area contributed by atoms with E-state index in [1.165, 1.54) is 17.5 Å². The molecule has 0 aromatic carbocycles. The molecule has 0 amide bonds. The number of rotatable bonds is 2. The molecule has 13 heavy (non-hydrogen) atoms. The Labute approximate surface area is 77.8 Å². The van der Waals surface area contributed by atoms with Crippen molar-refractivity contribution in [3.05, 3.63) is 29.3 Å². The van der Waals surface area contributed by atoms with E-state index in [-0.39, 0.29) is 5.56 Å². The van der Waals surface area contributed by atoms with Crippen LogP contribution >= 0.6 is 11.3 Å². The number of thiophene rings is 1. The second-order valence-electron chi connectivity index (χ2n) is 2.44. The summed E-state index contributed by atoms with van der Waals surface area (Å²) < 4.78 is 0. The number of carboxylic acids is 1. The third-order valence-corrected chi connectivity index (χ3v) is 2.52. The Balaban J connectivity index is 2.52. The fraction of sp³-hybridized carbons (Fsp3) is 0. The van der Waals surface area contributed by atoms with Gasteiger partial charge in [0.2, 0.25) is 0 Å². The van der Waals surface area contributed by atoms with Crippen LogP contribution in [0.3, 0.4) is 0 Å². The first-order chi connectivity index (χ1) is 6.29. The summed E-state index contributed by atoms with van der Waals surface area (Å²) in [5, 5.41) is 17.1. The lowest BCUT2D eigenvalue weighted by atomic mass is 10.2. The Bertz CT molecular complexity index is 419. The summed E-state index contributed by atoms with van der Waals surface area (Å²) >= 11 is 1.48. The molecule has 0 spiro atoms. The zero-order chi connectivity index (χ0) is 9.26. The average molecular weight is 194 g/mol. The molecule has 0 aliphatic rings. The number of hydrogen-bond donors (Lipinski definition) is 2. The fourth-order valence-electron chi connectivity index (χ4n) is 1.06. The Hall–Kier alpha value is -1.62. The van der Waals surface area contributed by atoms with Gasteiger partial charge >= 0.3 is 5.97 Å². The summed E-state index contributed by atoms with van der Waals surface area (Å²) in [6, 6.07) is 3.72. The highest BCUT2D eigenvalue weighted by Crippen LogP contribution is 2.25. The van der Waals surface area contributed by atoms with Crippen LogP contribution in [0, 0.1) is 0 Å². The smallest absolute Gasteiger partial charge is 0.339 e. The summed E-state index contributed by atoms with van der Waals surface area (Å²) in [5.74, 6) is -0.961. The van der Waals surface area contributed by atoms with Gasteiger partial charge in [-0.15, -0.1) is 11.3 Å². The highest BCUT2D eigenvalue weighted by atomic mass is 32.1. The minimum Gasteiger partial charge on any atom is -0.478 e. The number of H-pyrrole nitrogens is 1. The van der Waals surface area contributed by atoms with Crippen LogP contribution in [0.4, 0.5) is 0 Å². The average Bonchev–Trinajstić information content (AvgIpc) is 2.74. The molecule has 0 aliphatic heterocycles. The molecule has 2 heterocycles. The SMILES string of the molecule is O=C(O)c1cn[nH]c1-c1cccs1. The maximum atomic E-state index is 10.7. The van der Waals surface area contributed by atoms with E-state index in [2.05, 4.69) is 10.2 Å². The molecule has 5 heteroatoms. The molecular weight excluding hydrogens is 188 g/mol. The predicted molar refractivity (Wildman–Crippen MR) is 48.9 cm³/mol. The lowest BCUT2D eigenvalue weighted by molar-refractivity contribution is 0.0698. The summed E-state index contributed by atoms with van der Waals surface area (Å²) in [4.78, 5) is 11.6. The van der Waals surface area contributed by atoms with Crippen molar-refractivity contribution in [1.29, 1.82) is 0 Å². The van der Waals surface area contributed by atoms with Gasteiger partial charge < -0.3 is 5.11 Å². The van der Waals surface area contributed by atoms with Gasteiger partial charge in [-0.05, 0) is 11.4 Å². The molecule has 0 saturated carbocycles. The molecule has 0 saturated heterocycles. The van der Waals surface area contributed by atoms with Crippen LogP contribution < -0.4 is 0 Å². The number of aromatic carboxylic acids is 1. The molecule has 2 aromatic heterocycles. The van der Waals surface area contributed by atoms with E-state index in [1.807, 2.05) is 17.5 Å². The van der Waals surface area contributed by atoms with Crippen LogP contribution in [0.15, 0.2) is 23.7 Å². The molecular formula is C8H6N2O2S. The zero-order valence-electron chi connectivity index (χ0n) is 6.52. The molecule has 2 rings (SSSR count). The van der Waals surface area contributed by atoms with Crippen LogP contribution in [0.5, 0.6) is 0 Å². The summed E-state index contributed by atoms with van der Waals surface area (Å²) in [7, 11) is 0. The lowest BCUT2D eigenvalue weighted by Gasteiger charge is -1.93. The van der Waals surface area contributed by atoms with Crippen LogP contribution in [-0.4, -0.2) is 21.3 Å². The fourth-order valence-corrected chi connectivity index (χ4v) is 1.79. The van der Waals surface area contributed by atoms with Crippen molar-refractivity contribution in [3.8, 4) is 10.6 Å². The van der Waals surface area contributed by atoms with Gasteiger partial charge in [0, 0.05) is 0 Å². The van der Waals surface area contributed by atoms with Crippen molar-refractivity contribution in [2.75, 3.05) is 0 Å². The molecule has 0 atom stereocenters. The summed E-state index contributed by atoms with van der Waals surface area (Å²) in [6.45, 7) is 0. The van der Waals surface area contributed by atoms with E-state index < -0.39 is 5.97 Å². The zero-order valence-corrected chi connectivity index (χ0v) is 7.34. The van der Waals surface area contributed by atoms with E-state index in [9.17, 15) is 4.79 Å². The van der Waals surface area contributed by atoms with E-state index in [0.29, 0.717) is 5.69 Å². The first-order valence-electron chi connectivity index (χ1n) is 3.59. The first-order valence-corrected chi connectivity index (χ1v) is 4.47. The van der Waals surface area contributed by atoms with Crippen LogP contribution in [0.2, 0.25) is 0 Å². The summed E-state index contributed by atoms with van der Waals surface area (Å²) in [5.41, 5.74) is 0.782. The Morgan fingerprint density at radius 2 is 2.46 bits per heavy atom. The van der Waals surface area contributed by atoms with Crippen molar-refractivity contribution in [2.24, 2.45) is 0 Å². The van der Waals surface area contributed by atoms with E-state index >= 15 is 0 Å². The molecule has 66 valence electrons. The number of nitrogens with zero attached hydrogens (tertiary/aromatic N) is 1. The molecule has 0 radical (unpaired) electrons. The minimum absolute atomic E-state index is 0.211. The second-order valence-corrected chi connectivity index (χ2v) is 3.39. The lowest BCUT2D eigenvalue weighted by Crippen LogP contribution is -1.95. The molecule has 0 aliphatic carbocycles. The van der Waals surface area contributed by atoms with Crippen LogP contribution in [0.1, 0.15) is 10.4 Å². The number of aromatic nitrogens is 2. The van der Waals surface area contributed by atoms with Crippen LogP contribution in [0.25, 0.3) is 10.6 Å². The Kier molecular flexibility index (Phi) is 1.86. The van der Waals surface area contributed by atoms with Crippen molar-refractivity contribution >= 4 is 17.3 Å². The molecule has 2 N–H and O–H groups in total. The molecule has 0 fully saturated rings. The van der Waals surface area contributed by atoms with Gasteiger partial charge in [-0.2, -0.15) is 5.10 Å². The van der Waals surface area contributed by atoms with Gasteiger partial charge in [0.1, 0.15) is 5.56 Å². The molecule has 4 nitrogen and oxygen atoms in total. The number of nitrogens with one attached hydrogen (secondary N) is 1. The minimum atomic E-state index is -0.961. The van der Waals surface area contributed by atoms with Crippen molar-refractivity contribution in [1.82, 2.24) is 10.2 Å². The quantitative estimate of drug-likeness (QED) is 0.766. The van der Waals surface area contributed by atoms with E-state index in [1.54, 1.807) is 0 Å². The second kappa shape index (κ2) is 3.02. The number of carboxylic acid groups (broad SMARTS) is 1. The monoisotopic (exact) mass is 194 g/mol. The molecule has 0 bridgehead atoms. The maximum Gasteiger partial charge on any atom is 0.339 e. The van der Waals surface area contributed by atoms with Crippen molar-refractivity contribution in [3.63, 3.8) is 0 Å². The maximum absolute atomic E-state index is 10.7. The van der Waals surface area contributed by atoms with Crippen molar-refractivity contribution < 1.29 is 9.90 Å². The molecule has 2 aromatic rings. The number of hydrogen-bond acceptors (Lipinski definition) is 3. The summed E-state index contributed by atoms with van der Waals surface area (Å²) in [6.07, 6.45) is 1.32. The van der Waals surface area contributed by atoms with Gasteiger partial charge in [-0.3, -0.25) is 5.10 Å². The predicted octanol–water partition coefficient (Wildman–Crippen LogP) is 1.84. The highest BCUT2D eigenvalue weighted by Gasteiger charge is 2.13. The van der Waals surface area contributed by atoms with E-state index in [4.69, 9.17) is 5.11 Å². The number of aromatic amines is 1. The highest BCUT2D eigenvalue weighted by molar-refractivity contribution is 7.13. The largest absolute Gasteiger partial charge is 0.478 e. The number of carbonyl (C=O) groups is 1. The standard InChI is InChI=1S/C8H6N2O2S/c11-8(12)5-4-9-10-7(5)6-2-1-3-13-6/h1-4H,(H,9,10)(H,11,12). The Morgan fingerprint density at radius 1 is 1.62 bits per heavy atom. The van der Waals surface area contributed by atoms with Crippen LogP contribution in [-0.2, 0) is 0 Å².